The molecule has 1 N–H and O–H groups in total. The Bertz CT molecular complexity index is 1600. The molecular formula is C24H19F7N4O4S. The number of ether oxygens (including phenoxy) is 1. The molecule has 0 aliphatic heterocycles. The Hall–Kier alpha value is -3.82. The number of nitrogens with one attached hydrogen (secondary N) is 1. The van der Waals surface area contributed by atoms with Crippen molar-refractivity contribution in [3.8, 4) is 11.6 Å². The van der Waals surface area contributed by atoms with Crippen LogP contribution in [0.15, 0.2) is 35.2 Å². The van der Waals surface area contributed by atoms with E-state index in [1.165, 1.54) is 18.2 Å². The van der Waals surface area contributed by atoms with Crippen LogP contribution in [0.5, 0.6) is 11.6 Å². The summed E-state index contributed by atoms with van der Waals surface area (Å²) in [7, 11) is -3.70. The van der Waals surface area contributed by atoms with Gasteiger partial charge in [-0.1, -0.05) is 6.07 Å². The summed E-state index contributed by atoms with van der Waals surface area (Å²) < 4.78 is 125. The molecular weight excluding hydrogens is 573 g/mol. The first-order valence-corrected chi connectivity index (χ1v) is 13.2. The number of carbonyl (C=O) groups is 1. The van der Waals surface area contributed by atoms with Gasteiger partial charge in [0.05, 0.1) is 16.3 Å². The quantitative estimate of drug-likeness (QED) is 0.366. The fourth-order valence-corrected chi connectivity index (χ4v) is 4.67. The van der Waals surface area contributed by atoms with Gasteiger partial charge < -0.3 is 10.1 Å². The van der Waals surface area contributed by atoms with E-state index in [0.29, 0.717) is 6.07 Å². The molecule has 0 atom stereocenters. The Kier molecular flexibility index (Phi) is 7.05. The largest absolute Gasteiger partial charge is 0.435 e. The number of aromatic nitrogens is 3. The molecule has 1 fully saturated rings. The fraction of sp³-hybridized carbons (Fsp3) is 0.333. The second-order valence-electron chi connectivity index (χ2n) is 9.19. The van der Waals surface area contributed by atoms with Crippen LogP contribution in [0, 0.1) is 19.7 Å². The number of sulfone groups is 1. The van der Waals surface area contributed by atoms with Crippen LogP contribution in [0.25, 0.3) is 0 Å². The maximum absolute atomic E-state index is 15.0. The van der Waals surface area contributed by atoms with Crippen LogP contribution in [0.3, 0.4) is 0 Å². The number of alkyl halides is 6. The average molecular weight is 592 g/mol. The smallest absolute Gasteiger partial charge is 0.432 e. The number of amides is 1. The number of carbonyl (C=O) groups excluding carboxylic acids is 1. The number of hydrogen-bond acceptors (Lipinski definition) is 7. The van der Waals surface area contributed by atoms with Crippen LogP contribution in [-0.2, 0) is 21.4 Å². The standard InChI is InChI=1S/C24H19F7N4O4S/c1-11-17(20(36)33-13-5-4-6-14(9-13)40(3,37)38)21(35-34-19(11)23(26,27)28)39-18-12(2)32-16(10-15(18)25)22(7-8-22)24(29,30)31/h4-6,9-10H,7-8H2,1-3H3,(H,33,36). The first-order chi connectivity index (χ1) is 18.3. The van der Waals surface area contributed by atoms with Crippen molar-refractivity contribution in [2.24, 2.45) is 0 Å². The van der Waals surface area contributed by atoms with E-state index in [1.54, 1.807) is 0 Å². The highest BCUT2D eigenvalue weighted by Crippen LogP contribution is 2.58. The predicted molar refractivity (Wildman–Crippen MR) is 125 cm³/mol. The maximum Gasteiger partial charge on any atom is 0.435 e. The molecule has 0 saturated heterocycles. The Morgan fingerprint density at radius 2 is 1.70 bits per heavy atom. The number of aryl methyl sites for hydroxylation is 1. The van der Waals surface area contributed by atoms with Crippen LogP contribution in [0.1, 0.15) is 45.8 Å². The first-order valence-electron chi connectivity index (χ1n) is 11.3. The van der Waals surface area contributed by atoms with E-state index in [-0.39, 0.29) is 29.1 Å². The zero-order valence-electron chi connectivity index (χ0n) is 20.8. The molecule has 0 bridgehead atoms. The molecule has 2 aromatic heterocycles. The van der Waals surface area contributed by atoms with E-state index in [0.717, 1.165) is 26.2 Å². The highest BCUT2D eigenvalue weighted by molar-refractivity contribution is 7.90. The summed E-state index contributed by atoms with van der Waals surface area (Å²) in [6.45, 7) is 2.01. The molecule has 40 heavy (non-hydrogen) atoms. The van der Waals surface area contributed by atoms with E-state index in [1.807, 2.05) is 0 Å². The average Bonchev–Trinajstić information content (AvgIpc) is 3.62. The van der Waals surface area contributed by atoms with Crippen LogP contribution < -0.4 is 10.1 Å². The molecule has 0 radical (unpaired) electrons. The van der Waals surface area contributed by atoms with Gasteiger partial charge in [-0.25, -0.2) is 12.8 Å². The lowest BCUT2D eigenvalue weighted by atomic mass is 10.0. The van der Waals surface area contributed by atoms with Crippen molar-refractivity contribution in [2.45, 2.75) is 49.4 Å². The van der Waals surface area contributed by atoms with Gasteiger partial charge in [0, 0.05) is 18.0 Å². The third kappa shape index (κ3) is 5.44. The van der Waals surface area contributed by atoms with Crippen LogP contribution in [0.2, 0.25) is 0 Å². The zero-order valence-corrected chi connectivity index (χ0v) is 21.6. The lowest BCUT2D eigenvalue weighted by Crippen LogP contribution is -2.30. The summed E-state index contributed by atoms with van der Waals surface area (Å²) in [6.07, 6.45) is -9.42. The van der Waals surface area contributed by atoms with Gasteiger partial charge in [0.2, 0.25) is 0 Å². The summed E-state index contributed by atoms with van der Waals surface area (Å²) in [5, 5.41) is 8.60. The number of pyridine rings is 1. The molecule has 214 valence electrons. The lowest BCUT2D eigenvalue weighted by Gasteiger charge is -2.20. The van der Waals surface area contributed by atoms with Crippen molar-refractivity contribution in [3.63, 3.8) is 0 Å². The number of rotatable bonds is 6. The van der Waals surface area contributed by atoms with Crippen molar-refractivity contribution < 1.29 is 48.7 Å². The number of benzene rings is 1. The van der Waals surface area contributed by atoms with E-state index < -0.39 is 73.5 Å². The minimum Gasteiger partial charge on any atom is -0.432 e. The topological polar surface area (TPSA) is 111 Å². The molecule has 1 saturated carbocycles. The van der Waals surface area contributed by atoms with E-state index in [4.69, 9.17) is 4.74 Å². The van der Waals surface area contributed by atoms with Crippen molar-refractivity contribution in [1.82, 2.24) is 15.2 Å². The summed E-state index contributed by atoms with van der Waals surface area (Å²) >= 11 is 0. The van der Waals surface area contributed by atoms with Crippen LogP contribution >= 0.6 is 0 Å². The number of anilines is 1. The van der Waals surface area contributed by atoms with Gasteiger partial charge in [-0.3, -0.25) is 9.78 Å². The van der Waals surface area contributed by atoms with Gasteiger partial charge in [0.1, 0.15) is 11.0 Å². The lowest BCUT2D eigenvalue weighted by molar-refractivity contribution is -0.161. The van der Waals surface area contributed by atoms with Gasteiger partial charge in [0.25, 0.3) is 11.8 Å². The van der Waals surface area contributed by atoms with E-state index in [2.05, 4.69) is 20.5 Å². The highest BCUT2D eigenvalue weighted by atomic mass is 32.2. The van der Waals surface area contributed by atoms with Gasteiger partial charge in [0.15, 0.2) is 27.1 Å². The van der Waals surface area contributed by atoms with Crippen molar-refractivity contribution in [3.05, 3.63) is 64.4 Å². The first kappa shape index (κ1) is 29.2. The Labute approximate surface area is 222 Å². The van der Waals surface area contributed by atoms with Gasteiger partial charge in [-0.15, -0.1) is 10.2 Å². The number of nitrogens with zero attached hydrogens (tertiary/aromatic N) is 3. The molecule has 3 aromatic rings. The molecule has 8 nitrogen and oxygen atoms in total. The van der Waals surface area contributed by atoms with Gasteiger partial charge >= 0.3 is 12.4 Å². The summed E-state index contributed by atoms with van der Waals surface area (Å²) in [5.41, 5.74) is -6.53. The third-order valence-corrected chi connectivity index (χ3v) is 7.39. The monoisotopic (exact) mass is 592 g/mol. The summed E-state index contributed by atoms with van der Waals surface area (Å²) in [4.78, 5) is 16.8. The molecule has 1 aromatic carbocycles. The van der Waals surface area contributed by atoms with Crippen LogP contribution in [-0.4, -0.2) is 41.9 Å². The molecule has 1 amide bonds. The van der Waals surface area contributed by atoms with Gasteiger partial charge in [-0.05, 0) is 50.5 Å². The normalized spacial score (nSPS) is 15.1. The molecule has 1 aliphatic rings. The Morgan fingerprint density at radius 1 is 1.05 bits per heavy atom. The molecule has 4 rings (SSSR count). The van der Waals surface area contributed by atoms with Crippen LogP contribution in [0.4, 0.5) is 36.4 Å². The van der Waals surface area contributed by atoms with E-state index in [9.17, 15) is 39.6 Å². The van der Waals surface area contributed by atoms with Crippen molar-refractivity contribution in [1.29, 1.82) is 0 Å². The van der Waals surface area contributed by atoms with Crippen molar-refractivity contribution >= 4 is 21.4 Å². The zero-order chi connectivity index (χ0) is 29.8. The summed E-state index contributed by atoms with van der Waals surface area (Å²) in [6, 6.07) is 5.35. The van der Waals surface area contributed by atoms with Gasteiger partial charge in [-0.2, -0.15) is 26.3 Å². The molecule has 2 heterocycles. The minimum atomic E-state index is -5.05. The number of halogens is 7. The second kappa shape index (κ2) is 9.67. The predicted octanol–water partition coefficient (Wildman–Crippen LogP) is 5.69. The highest BCUT2D eigenvalue weighted by Gasteiger charge is 2.65. The molecule has 0 spiro atoms. The third-order valence-electron chi connectivity index (χ3n) is 6.28. The minimum absolute atomic E-state index is 0.112. The maximum atomic E-state index is 15.0. The molecule has 1 aliphatic carbocycles. The SMILES string of the molecule is Cc1nc(C2(C(F)(F)F)CC2)cc(F)c1Oc1nnc(C(F)(F)F)c(C)c1C(=O)Nc1cccc(S(C)(=O)=O)c1. The number of hydrogen-bond donors (Lipinski definition) is 1. The Morgan fingerprint density at radius 3 is 2.23 bits per heavy atom. The Balaban J connectivity index is 1.77. The summed E-state index contributed by atoms with van der Waals surface area (Å²) in [5.74, 6) is -4.22. The molecule has 0 unspecified atom stereocenters. The fourth-order valence-electron chi connectivity index (χ4n) is 4.00. The van der Waals surface area contributed by atoms with E-state index >= 15 is 4.39 Å². The second-order valence-corrected chi connectivity index (χ2v) is 11.2. The van der Waals surface area contributed by atoms with Crippen molar-refractivity contribution in [2.75, 3.05) is 11.6 Å². The molecule has 16 heteroatoms.